The Kier molecular flexibility index (Phi) is 5.06. The normalized spacial score (nSPS) is 13.1. The van der Waals surface area contributed by atoms with Gasteiger partial charge in [0.15, 0.2) is 16.3 Å². The maximum Gasteiger partial charge on any atom is 0.326 e. The van der Waals surface area contributed by atoms with Gasteiger partial charge in [-0.1, -0.05) is 22.9 Å². The minimum atomic E-state index is -0.430. The van der Waals surface area contributed by atoms with Crippen molar-refractivity contribution in [1.82, 2.24) is 4.57 Å². The quantitative estimate of drug-likeness (QED) is 0.607. The number of ether oxygens (including phenoxy) is 3. The second kappa shape index (κ2) is 7.65. The Morgan fingerprint density at radius 2 is 1.93 bits per heavy atom. The van der Waals surface area contributed by atoms with Gasteiger partial charge < -0.3 is 18.8 Å². The van der Waals surface area contributed by atoms with E-state index in [0.717, 1.165) is 4.70 Å². The molecule has 0 bridgehead atoms. The van der Waals surface area contributed by atoms with E-state index in [-0.39, 0.29) is 19.9 Å². The molecule has 1 aliphatic heterocycles. The van der Waals surface area contributed by atoms with Gasteiger partial charge in [0, 0.05) is 22.7 Å². The molecule has 9 heteroatoms. The number of hydrogen-bond donors (Lipinski definition) is 0. The summed E-state index contributed by atoms with van der Waals surface area (Å²) < 4.78 is 18.4. The van der Waals surface area contributed by atoms with Crippen LogP contribution >= 0.6 is 22.9 Å². The molecule has 2 heterocycles. The highest BCUT2D eigenvalue weighted by Crippen LogP contribution is 2.37. The molecule has 2 aromatic carbocycles. The van der Waals surface area contributed by atoms with Crippen LogP contribution in [-0.4, -0.2) is 29.8 Å². The molecule has 0 N–H and O–H groups in total. The summed E-state index contributed by atoms with van der Waals surface area (Å²) in [6, 6.07) is 10.1. The Morgan fingerprint density at radius 3 is 2.64 bits per heavy atom. The maximum absolute atomic E-state index is 12.6. The average molecular weight is 419 g/mol. The van der Waals surface area contributed by atoms with E-state index in [1.54, 1.807) is 41.8 Å². The molecule has 0 radical (unpaired) electrons. The predicted octanol–water partition coefficient (Wildman–Crippen LogP) is 3.39. The number of thiazole rings is 1. The summed E-state index contributed by atoms with van der Waals surface area (Å²) >= 11 is 7.15. The van der Waals surface area contributed by atoms with Crippen LogP contribution in [0, 0.1) is 0 Å². The lowest BCUT2D eigenvalue weighted by molar-refractivity contribution is -0.143. The molecule has 0 saturated heterocycles. The number of esters is 1. The lowest BCUT2D eigenvalue weighted by Gasteiger charge is -2.05. The number of amides is 1. The van der Waals surface area contributed by atoms with Crippen molar-refractivity contribution in [2.75, 3.05) is 13.4 Å². The monoisotopic (exact) mass is 418 g/mol. The lowest BCUT2D eigenvalue weighted by atomic mass is 10.2. The first-order valence-corrected chi connectivity index (χ1v) is 9.68. The molecule has 1 aliphatic rings. The van der Waals surface area contributed by atoms with Crippen LogP contribution in [0.1, 0.15) is 17.3 Å². The molecule has 144 valence electrons. The summed E-state index contributed by atoms with van der Waals surface area (Å²) in [4.78, 5) is 29.3. The third kappa shape index (κ3) is 3.61. The fraction of sp³-hybridized carbons (Fsp3) is 0.211. The van der Waals surface area contributed by atoms with Crippen molar-refractivity contribution in [3.8, 4) is 11.5 Å². The van der Waals surface area contributed by atoms with E-state index in [1.165, 1.54) is 11.3 Å². The number of rotatable bonds is 4. The number of benzene rings is 2. The molecular weight excluding hydrogens is 404 g/mol. The Hall–Kier alpha value is -2.84. The van der Waals surface area contributed by atoms with E-state index in [4.69, 9.17) is 25.8 Å². The van der Waals surface area contributed by atoms with Crippen molar-refractivity contribution in [2.45, 2.75) is 13.5 Å². The molecule has 28 heavy (non-hydrogen) atoms. The van der Waals surface area contributed by atoms with Crippen LogP contribution in [0.2, 0.25) is 5.02 Å². The second-order valence-electron chi connectivity index (χ2n) is 5.87. The van der Waals surface area contributed by atoms with Crippen molar-refractivity contribution in [1.29, 1.82) is 0 Å². The zero-order valence-corrected chi connectivity index (χ0v) is 16.4. The van der Waals surface area contributed by atoms with Gasteiger partial charge in [-0.25, -0.2) is 0 Å². The number of hydrogen-bond acceptors (Lipinski definition) is 6. The fourth-order valence-electron chi connectivity index (χ4n) is 2.78. The van der Waals surface area contributed by atoms with Gasteiger partial charge in [-0.15, -0.1) is 0 Å². The van der Waals surface area contributed by atoms with Crippen molar-refractivity contribution in [3.63, 3.8) is 0 Å². The summed E-state index contributed by atoms with van der Waals surface area (Å²) in [6.07, 6.45) is 0. The summed E-state index contributed by atoms with van der Waals surface area (Å²) in [5.41, 5.74) is 1.11. The average Bonchev–Trinajstić information content (AvgIpc) is 3.25. The minimum Gasteiger partial charge on any atom is -0.465 e. The summed E-state index contributed by atoms with van der Waals surface area (Å²) in [5, 5.41) is 0.533. The van der Waals surface area contributed by atoms with Gasteiger partial charge in [-0.2, -0.15) is 4.99 Å². The lowest BCUT2D eigenvalue weighted by Crippen LogP contribution is -2.23. The molecular formula is C19H15ClN2O5S. The van der Waals surface area contributed by atoms with Gasteiger partial charge in [0.1, 0.15) is 6.54 Å². The Labute approximate surface area is 168 Å². The van der Waals surface area contributed by atoms with Crippen molar-refractivity contribution in [3.05, 3.63) is 51.8 Å². The highest BCUT2D eigenvalue weighted by molar-refractivity contribution is 7.16. The molecule has 0 unspecified atom stereocenters. The molecule has 4 rings (SSSR count). The van der Waals surface area contributed by atoms with Crippen molar-refractivity contribution < 1.29 is 23.8 Å². The van der Waals surface area contributed by atoms with Gasteiger partial charge in [0.05, 0.1) is 16.8 Å². The first-order valence-electron chi connectivity index (χ1n) is 8.48. The van der Waals surface area contributed by atoms with E-state index >= 15 is 0 Å². The highest BCUT2D eigenvalue weighted by Gasteiger charge is 2.19. The van der Waals surface area contributed by atoms with Gasteiger partial charge >= 0.3 is 5.97 Å². The highest BCUT2D eigenvalue weighted by atomic mass is 35.5. The Balaban J connectivity index is 1.82. The van der Waals surface area contributed by atoms with Crippen LogP contribution in [-0.2, 0) is 16.1 Å². The third-order valence-corrected chi connectivity index (χ3v) is 5.35. The van der Waals surface area contributed by atoms with Gasteiger partial charge in [0.25, 0.3) is 5.91 Å². The number of aromatic nitrogens is 1. The molecule has 0 atom stereocenters. The van der Waals surface area contributed by atoms with Crippen LogP contribution in [0.3, 0.4) is 0 Å². The topological polar surface area (TPSA) is 79.1 Å². The number of nitrogens with zero attached hydrogens (tertiary/aromatic N) is 2. The smallest absolute Gasteiger partial charge is 0.326 e. The van der Waals surface area contributed by atoms with E-state index in [0.29, 0.717) is 32.4 Å². The van der Waals surface area contributed by atoms with Gasteiger partial charge in [-0.05, 0) is 31.2 Å². The molecule has 0 saturated carbocycles. The predicted molar refractivity (Wildman–Crippen MR) is 104 cm³/mol. The van der Waals surface area contributed by atoms with E-state index < -0.39 is 11.9 Å². The van der Waals surface area contributed by atoms with Crippen molar-refractivity contribution in [2.24, 2.45) is 4.99 Å². The van der Waals surface area contributed by atoms with E-state index in [2.05, 4.69) is 4.99 Å². The first-order chi connectivity index (χ1) is 13.5. The molecule has 0 fully saturated rings. The minimum absolute atomic E-state index is 0.0692. The molecule has 0 aliphatic carbocycles. The number of carbonyl (C=O) groups excluding carboxylic acids is 2. The summed E-state index contributed by atoms with van der Waals surface area (Å²) in [5.74, 6) is 0.354. The SMILES string of the molecule is CCOC(=O)Cn1c(=NC(=O)c2ccc(Cl)cc2)sc2cc3c(cc21)OCO3. The first kappa shape index (κ1) is 18.5. The molecule has 3 aromatic rings. The van der Waals surface area contributed by atoms with E-state index in [9.17, 15) is 9.59 Å². The van der Waals surface area contributed by atoms with Crippen LogP contribution in [0.5, 0.6) is 11.5 Å². The van der Waals surface area contributed by atoms with Gasteiger partial charge in [0.2, 0.25) is 6.79 Å². The van der Waals surface area contributed by atoms with Crippen LogP contribution in [0.15, 0.2) is 41.4 Å². The molecule has 7 nitrogen and oxygen atoms in total. The fourth-order valence-corrected chi connectivity index (χ4v) is 3.94. The number of halogens is 1. The van der Waals surface area contributed by atoms with Crippen LogP contribution in [0.25, 0.3) is 10.2 Å². The van der Waals surface area contributed by atoms with Crippen LogP contribution < -0.4 is 14.3 Å². The van der Waals surface area contributed by atoms with E-state index in [1.807, 2.05) is 6.07 Å². The molecule has 1 amide bonds. The van der Waals surface area contributed by atoms with Crippen LogP contribution in [0.4, 0.5) is 0 Å². The summed E-state index contributed by atoms with van der Waals surface area (Å²) in [7, 11) is 0. The maximum atomic E-state index is 12.6. The Morgan fingerprint density at radius 1 is 1.21 bits per heavy atom. The Bertz CT molecular complexity index is 1130. The standard InChI is InChI=1S/C19H15ClN2O5S/c1-2-25-17(23)9-22-13-7-14-15(27-10-26-14)8-16(13)28-19(22)21-18(24)11-3-5-12(20)6-4-11/h3-8H,2,9-10H2,1H3. The zero-order valence-electron chi connectivity index (χ0n) is 14.8. The van der Waals surface area contributed by atoms with Gasteiger partial charge in [-0.3, -0.25) is 9.59 Å². The molecule has 0 spiro atoms. The third-order valence-electron chi connectivity index (χ3n) is 4.06. The number of carbonyl (C=O) groups is 2. The summed E-state index contributed by atoms with van der Waals surface area (Å²) in [6.45, 7) is 2.09. The zero-order chi connectivity index (χ0) is 19.7. The largest absolute Gasteiger partial charge is 0.465 e. The second-order valence-corrected chi connectivity index (χ2v) is 7.32. The number of fused-ring (bicyclic) bond motifs is 2. The molecule has 1 aromatic heterocycles. The van der Waals surface area contributed by atoms with Crippen molar-refractivity contribution >= 4 is 45.0 Å².